The van der Waals surface area contributed by atoms with Gasteiger partial charge in [0, 0.05) is 5.56 Å². The molecule has 76 valence electrons. The fourth-order valence-corrected chi connectivity index (χ4v) is 1.48. The molecule has 15 heavy (non-hydrogen) atoms. The van der Waals surface area contributed by atoms with Crippen LogP contribution >= 0.6 is 15.9 Å². The lowest BCUT2D eigenvalue weighted by Gasteiger charge is -2.07. The predicted octanol–water partition coefficient (Wildman–Crippen LogP) is 3.94. The van der Waals surface area contributed by atoms with Gasteiger partial charge in [-0.05, 0) is 41.1 Å². The van der Waals surface area contributed by atoms with Gasteiger partial charge in [0.05, 0.1) is 0 Å². The van der Waals surface area contributed by atoms with Gasteiger partial charge in [-0.25, -0.2) is 4.98 Å². The summed E-state index contributed by atoms with van der Waals surface area (Å²) in [5, 5.41) is 0. The maximum atomic E-state index is 5.65. The van der Waals surface area contributed by atoms with Gasteiger partial charge in [0.2, 0.25) is 5.88 Å². The third-order valence-electron chi connectivity index (χ3n) is 1.97. The van der Waals surface area contributed by atoms with Gasteiger partial charge in [-0.15, -0.1) is 0 Å². The van der Waals surface area contributed by atoms with Crippen LogP contribution in [0.5, 0.6) is 11.6 Å². The minimum Gasteiger partial charge on any atom is -0.439 e. The van der Waals surface area contributed by atoms with Gasteiger partial charge in [0.25, 0.3) is 0 Å². The molecule has 3 heteroatoms. The molecule has 0 N–H and O–H groups in total. The molecule has 1 aromatic heterocycles. The van der Waals surface area contributed by atoms with Gasteiger partial charge in [0.1, 0.15) is 10.4 Å². The summed E-state index contributed by atoms with van der Waals surface area (Å²) in [5.74, 6) is 1.43. The minimum absolute atomic E-state index is 0.635. The highest BCUT2D eigenvalue weighted by atomic mass is 79.9. The lowest BCUT2D eigenvalue weighted by atomic mass is 10.3. The number of nitrogens with zero attached hydrogens (tertiary/aromatic N) is 1. The van der Waals surface area contributed by atoms with Crippen molar-refractivity contribution < 1.29 is 4.74 Å². The van der Waals surface area contributed by atoms with Crippen molar-refractivity contribution in [3.63, 3.8) is 0 Å². The van der Waals surface area contributed by atoms with Crippen LogP contribution in [0.2, 0.25) is 0 Å². The maximum absolute atomic E-state index is 5.65. The molecule has 2 nitrogen and oxygen atoms in total. The minimum atomic E-state index is 0.635. The molecule has 0 saturated heterocycles. The van der Waals surface area contributed by atoms with E-state index in [-0.39, 0.29) is 0 Å². The van der Waals surface area contributed by atoms with Crippen LogP contribution in [0.1, 0.15) is 5.56 Å². The molecule has 0 aliphatic rings. The van der Waals surface area contributed by atoms with E-state index in [1.165, 1.54) is 0 Å². The highest BCUT2D eigenvalue weighted by Gasteiger charge is 2.03. The Kier molecular flexibility index (Phi) is 3.02. The molecule has 1 aromatic carbocycles. The molecule has 0 unspecified atom stereocenters. The standard InChI is InChI=1S/C12H10BrNO/c1-9-7-8-11(13)14-12(9)15-10-5-3-2-4-6-10/h2-8H,1H3. The van der Waals surface area contributed by atoms with E-state index >= 15 is 0 Å². The topological polar surface area (TPSA) is 22.1 Å². The summed E-state index contributed by atoms with van der Waals surface area (Å²) in [6.45, 7) is 1.97. The van der Waals surface area contributed by atoms with Gasteiger partial charge in [-0.3, -0.25) is 0 Å². The van der Waals surface area contributed by atoms with Crippen molar-refractivity contribution in [1.29, 1.82) is 0 Å². The van der Waals surface area contributed by atoms with Crippen molar-refractivity contribution in [1.82, 2.24) is 4.98 Å². The smallest absolute Gasteiger partial charge is 0.223 e. The monoisotopic (exact) mass is 263 g/mol. The van der Waals surface area contributed by atoms with Crippen LogP contribution in [0, 0.1) is 6.92 Å². The summed E-state index contributed by atoms with van der Waals surface area (Å²) in [4.78, 5) is 4.26. The average Bonchev–Trinajstić information content (AvgIpc) is 2.25. The predicted molar refractivity (Wildman–Crippen MR) is 63.2 cm³/mol. The zero-order chi connectivity index (χ0) is 10.7. The lowest BCUT2D eigenvalue weighted by Crippen LogP contribution is -1.91. The van der Waals surface area contributed by atoms with E-state index in [0.717, 1.165) is 15.9 Å². The molecule has 0 fully saturated rings. The Balaban J connectivity index is 2.28. The SMILES string of the molecule is Cc1ccc(Br)nc1Oc1ccccc1. The molecule has 1 heterocycles. The number of para-hydroxylation sites is 1. The summed E-state index contributed by atoms with van der Waals surface area (Å²) < 4.78 is 6.43. The summed E-state index contributed by atoms with van der Waals surface area (Å²) in [7, 11) is 0. The second-order valence-electron chi connectivity index (χ2n) is 3.17. The Bertz CT molecular complexity index is 456. The van der Waals surface area contributed by atoms with Crippen molar-refractivity contribution in [2.45, 2.75) is 6.92 Å². The second-order valence-corrected chi connectivity index (χ2v) is 3.98. The van der Waals surface area contributed by atoms with Gasteiger partial charge in [0.15, 0.2) is 0 Å². The van der Waals surface area contributed by atoms with E-state index in [1.807, 2.05) is 49.4 Å². The number of benzene rings is 1. The molecule has 0 amide bonds. The Morgan fingerprint density at radius 3 is 2.53 bits per heavy atom. The first-order valence-electron chi connectivity index (χ1n) is 4.62. The Morgan fingerprint density at radius 2 is 1.80 bits per heavy atom. The fourth-order valence-electron chi connectivity index (χ4n) is 1.19. The number of rotatable bonds is 2. The number of pyridine rings is 1. The summed E-state index contributed by atoms with van der Waals surface area (Å²) in [5.41, 5.74) is 1.02. The molecular formula is C12H10BrNO. The van der Waals surface area contributed by atoms with Crippen molar-refractivity contribution in [3.05, 3.63) is 52.6 Å². The van der Waals surface area contributed by atoms with Gasteiger partial charge in [-0.1, -0.05) is 24.3 Å². The number of hydrogen-bond acceptors (Lipinski definition) is 2. The van der Waals surface area contributed by atoms with Crippen LogP contribution in [-0.4, -0.2) is 4.98 Å². The molecule has 0 atom stereocenters. The van der Waals surface area contributed by atoms with E-state index in [2.05, 4.69) is 20.9 Å². The maximum Gasteiger partial charge on any atom is 0.223 e. The van der Waals surface area contributed by atoms with E-state index in [1.54, 1.807) is 0 Å². The Hall–Kier alpha value is -1.35. The van der Waals surface area contributed by atoms with Crippen molar-refractivity contribution in [3.8, 4) is 11.6 Å². The zero-order valence-corrected chi connectivity index (χ0v) is 9.86. The fraction of sp³-hybridized carbons (Fsp3) is 0.0833. The normalized spacial score (nSPS) is 10.0. The van der Waals surface area contributed by atoms with E-state index in [9.17, 15) is 0 Å². The summed E-state index contributed by atoms with van der Waals surface area (Å²) in [6, 6.07) is 13.5. The molecular weight excluding hydrogens is 254 g/mol. The molecule has 0 radical (unpaired) electrons. The second kappa shape index (κ2) is 4.45. The molecule has 0 aliphatic carbocycles. The third-order valence-corrected chi connectivity index (χ3v) is 2.42. The molecule has 2 aromatic rings. The number of ether oxygens (including phenoxy) is 1. The van der Waals surface area contributed by atoms with Gasteiger partial charge < -0.3 is 4.74 Å². The lowest BCUT2D eigenvalue weighted by molar-refractivity contribution is 0.458. The first-order valence-corrected chi connectivity index (χ1v) is 5.41. The van der Waals surface area contributed by atoms with E-state index in [4.69, 9.17) is 4.74 Å². The Labute approximate surface area is 97.1 Å². The molecule has 0 spiro atoms. The molecule has 0 saturated carbocycles. The number of aryl methyl sites for hydroxylation is 1. The number of aromatic nitrogens is 1. The van der Waals surface area contributed by atoms with E-state index < -0.39 is 0 Å². The van der Waals surface area contributed by atoms with Crippen molar-refractivity contribution in [2.75, 3.05) is 0 Å². The first kappa shape index (κ1) is 10.2. The molecule has 0 aliphatic heterocycles. The quantitative estimate of drug-likeness (QED) is 0.766. The number of hydrogen-bond donors (Lipinski definition) is 0. The third kappa shape index (κ3) is 2.57. The zero-order valence-electron chi connectivity index (χ0n) is 8.27. The highest BCUT2D eigenvalue weighted by molar-refractivity contribution is 9.10. The summed E-state index contributed by atoms with van der Waals surface area (Å²) in [6.07, 6.45) is 0. The first-order chi connectivity index (χ1) is 7.25. The number of halogens is 1. The van der Waals surface area contributed by atoms with Crippen LogP contribution in [0.3, 0.4) is 0 Å². The molecule has 0 bridgehead atoms. The van der Waals surface area contributed by atoms with E-state index in [0.29, 0.717) is 5.88 Å². The van der Waals surface area contributed by atoms with Gasteiger partial charge in [-0.2, -0.15) is 0 Å². The summed E-state index contributed by atoms with van der Waals surface area (Å²) >= 11 is 3.32. The molecule has 2 rings (SSSR count). The van der Waals surface area contributed by atoms with Crippen LogP contribution in [0.25, 0.3) is 0 Å². The van der Waals surface area contributed by atoms with Crippen LogP contribution in [0.15, 0.2) is 47.1 Å². The van der Waals surface area contributed by atoms with Gasteiger partial charge >= 0.3 is 0 Å². The Morgan fingerprint density at radius 1 is 1.07 bits per heavy atom. The highest BCUT2D eigenvalue weighted by Crippen LogP contribution is 2.24. The van der Waals surface area contributed by atoms with Crippen LogP contribution in [0.4, 0.5) is 0 Å². The largest absolute Gasteiger partial charge is 0.439 e. The van der Waals surface area contributed by atoms with Crippen LogP contribution in [-0.2, 0) is 0 Å². The van der Waals surface area contributed by atoms with Crippen molar-refractivity contribution >= 4 is 15.9 Å². The van der Waals surface area contributed by atoms with Crippen molar-refractivity contribution in [2.24, 2.45) is 0 Å². The van der Waals surface area contributed by atoms with Crippen LogP contribution < -0.4 is 4.74 Å². The average molecular weight is 264 g/mol.